The van der Waals surface area contributed by atoms with Gasteiger partial charge < -0.3 is 4.74 Å². The Morgan fingerprint density at radius 2 is 1.81 bits per heavy atom. The Hall–Kier alpha value is -1.69. The molecule has 1 aliphatic rings. The van der Waals surface area contributed by atoms with Crippen LogP contribution in [0.3, 0.4) is 0 Å². The number of methoxy groups -OCH3 is 1. The van der Waals surface area contributed by atoms with Crippen molar-refractivity contribution in [1.82, 2.24) is 0 Å². The Balaban J connectivity index is 2.00. The summed E-state index contributed by atoms with van der Waals surface area (Å²) in [5.74, 6) is -1.46. The van der Waals surface area contributed by atoms with Crippen molar-refractivity contribution in [2.45, 2.75) is 19.3 Å². The summed E-state index contributed by atoms with van der Waals surface area (Å²) in [4.78, 5) is 23.3. The molecular formula is C15H18O5S. The lowest BCUT2D eigenvalue weighted by molar-refractivity contribution is -0.141. The molecule has 0 aromatic heterocycles. The Bertz CT molecular complexity index is 629. The molecule has 1 aromatic carbocycles. The van der Waals surface area contributed by atoms with Crippen molar-refractivity contribution < 1.29 is 22.7 Å². The number of carbonyl (C=O) groups is 2. The van der Waals surface area contributed by atoms with Crippen molar-refractivity contribution in [3.63, 3.8) is 0 Å². The highest BCUT2D eigenvalue weighted by atomic mass is 32.2. The summed E-state index contributed by atoms with van der Waals surface area (Å²) in [5.41, 5.74) is -0.137. The van der Waals surface area contributed by atoms with Crippen LogP contribution < -0.4 is 0 Å². The first-order valence-corrected chi connectivity index (χ1v) is 8.53. The fourth-order valence-electron chi connectivity index (χ4n) is 2.35. The van der Waals surface area contributed by atoms with Crippen LogP contribution in [0.1, 0.15) is 29.6 Å². The number of benzene rings is 1. The van der Waals surface area contributed by atoms with E-state index in [2.05, 4.69) is 4.74 Å². The maximum Gasteiger partial charge on any atom is 0.306 e. The average molecular weight is 310 g/mol. The molecule has 0 saturated heterocycles. The zero-order chi connectivity index (χ0) is 15.5. The van der Waals surface area contributed by atoms with E-state index in [1.807, 2.05) is 0 Å². The number of sulfone groups is 1. The molecule has 1 aromatic rings. The number of hydrogen-bond donors (Lipinski definition) is 0. The summed E-state index contributed by atoms with van der Waals surface area (Å²) in [6, 6.07) is 8.35. The molecule has 1 fully saturated rings. The first-order chi connectivity index (χ1) is 9.86. The molecule has 21 heavy (non-hydrogen) atoms. The molecule has 114 valence electrons. The third kappa shape index (κ3) is 4.39. The summed E-state index contributed by atoms with van der Waals surface area (Å²) in [7, 11) is -2.25. The SMILES string of the molecule is COC(=O)CC1(CS(=O)(=O)CC(=O)c2ccccc2)CC1. The van der Waals surface area contributed by atoms with E-state index in [1.165, 1.54) is 7.11 Å². The maximum atomic E-state index is 12.2. The third-order valence-corrected chi connectivity index (χ3v) is 5.43. The fraction of sp³-hybridized carbons (Fsp3) is 0.467. The van der Waals surface area contributed by atoms with Crippen LogP contribution in [0.2, 0.25) is 0 Å². The molecular weight excluding hydrogens is 292 g/mol. The Kier molecular flexibility index (Phi) is 4.46. The number of Topliss-reactive ketones (excluding diaryl/α,β-unsaturated/α-hetero) is 1. The lowest BCUT2D eigenvalue weighted by atomic mass is 10.1. The van der Waals surface area contributed by atoms with E-state index < -0.39 is 32.8 Å². The number of esters is 1. The van der Waals surface area contributed by atoms with E-state index in [0.717, 1.165) is 0 Å². The van der Waals surface area contributed by atoms with Gasteiger partial charge in [-0.25, -0.2) is 8.42 Å². The fourth-order valence-corrected chi connectivity index (χ4v) is 4.34. The van der Waals surface area contributed by atoms with Crippen LogP contribution in [0.4, 0.5) is 0 Å². The first kappa shape index (κ1) is 15.7. The van der Waals surface area contributed by atoms with Crippen molar-refractivity contribution in [3.8, 4) is 0 Å². The van der Waals surface area contributed by atoms with E-state index >= 15 is 0 Å². The van der Waals surface area contributed by atoms with Gasteiger partial charge in [0.15, 0.2) is 15.6 Å². The van der Waals surface area contributed by atoms with Gasteiger partial charge >= 0.3 is 5.97 Å². The number of hydrogen-bond acceptors (Lipinski definition) is 5. The van der Waals surface area contributed by atoms with Gasteiger partial charge in [-0.2, -0.15) is 0 Å². The Labute approximate surface area is 124 Å². The second-order valence-corrected chi connectivity index (χ2v) is 7.64. The predicted octanol–water partition coefficient (Wildman–Crippen LogP) is 1.63. The molecule has 0 amide bonds. The number of ketones is 1. The van der Waals surface area contributed by atoms with Crippen LogP contribution in [-0.2, 0) is 19.4 Å². The second-order valence-electron chi connectivity index (χ2n) is 5.57. The van der Waals surface area contributed by atoms with Gasteiger partial charge in [0.2, 0.25) is 0 Å². The number of ether oxygens (including phenoxy) is 1. The third-order valence-electron chi connectivity index (χ3n) is 3.68. The molecule has 0 radical (unpaired) electrons. The molecule has 0 N–H and O–H groups in total. The Morgan fingerprint density at radius 3 is 2.33 bits per heavy atom. The van der Waals surface area contributed by atoms with E-state index in [-0.39, 0.29) is 12.2 Å². The van der Waals surface area contributed by atoms with Gasteiger partial charge in [0.25, 0.3) is 0 Å². The molecule has 2 rings (SSSR count). The van der Waals surface area contributed by atoms with Crippen molar-refractivity contribution in [2.75, 3.05) is 18.6 Å². The molecule has 0 heterocycles. The van der Waals surface area contributed by atoms with E-state index in [0.29, 0.717) is 18.4 Å². The zero-order valence-electron chi connectivity index (χ0n) is 11.9. The number of rotatable bonds is 7. The minimum absolute atomic E-state index is 0.0995. The molecule has 1 saturated carbocycles. The van der Waals surface area contributed by atoms with Crippen LogP contribution in [0.15, 0.2) is 30.3 Å². The summed E-state index contributed by atoms with van der Waals surface area (Å²) >= 11 is 0. The standard InChI is InChI=1S/C15H18O5S/c1-20-14(17)9-15(7-8-15)11-21(18,19)10-13(16)12-5-3-2-4-6-12/h2-6H,7-11H2,1H3. The zero-order valence-corrected chi connectivity index (χ0v) is 12.7. The van der Waals surface area contributed by atoms with E-state index in [1.54, 1.807) is 30.3 Å². The topological polar surface area (TPSA) is 77.5 Å². The molecule has 0 atom stereocenters. The monoisotopic (exact) mass is 310 g/mol. The smallest absolute Gasteiger partial charge is 0.306 e. The lowest BCUT2D eigenvalue weighted by Gasteiger charge is -2.13. The van der Waals surface area contributed by atoms with Gasteiger partial charge in [0.1, 0.15) is 5.75 Å². The molecule has 0 bridgehead atoms. The van der Waals surface area contributed by atoms with Gasteiger partial charge in [0.05, 0.1) is 19.3 Å². The van der Waals surface area contributed by atoms with Crippen molar-refractivity contribution in [1.29, 1.82) is 0 Å². The summed E-state index contributed by atoms with van der Waals surface area (Å²) in [5, 5.41) is 0. The van der Waals surface area contributed by atoms with Gasteiger partial charge in [-0.3, -0.25) is 9.59 Å². The molecule has 0 unspecified atom stereocenters. The molecule has 0 aliphatic heterocycles. The summed E-state index contributed by atoms with van der Waals surface area (Å²) in [6.45, 7) is 0. The van der Waals surface area contributed by atoms with Crippen LogP contribution in [0.25, 0.3) is 0 Å². The van der Waals surface area contributed by atoms with Crippen LogP contribution >= 0.6 is 0 Å². The van der Waals surface area contributed by atoms with Gasteiger partial charge in [-0.1, -0.05) is 30.3 Å². The molecule has 0 spiro atoms. The minimum Gasteiger partial charge on any atom is -0.469 e. The van der Waals surface area contributed by atoms with Gasteiger partial charge in [0, 0.05) is 5.56 Å². The van der Waals surface area contributed by atoms with E-state index in [4.69, 9.17) is 0 Å². The van der Waals surface area contributed by atoms with Crippen LogP contribution in [-0.4, -0.2) is 38.8 Å². The van der Waals surface area contributed by atoms with Gasteiger partial charge in [-0.05, 0) is 18.3 Å². The summed E-state index contributed by atoms with van der Waals surface area (Å²) < 4.78 is 28.9. The van der Waals surface area contributed by atoms with Crippen molar-refractivity contribution >= 4 is 21.6 Å². The van der Waals surface area contributed by atoms with Gasteiger partial charge in [-0.15, -0.1) is 0 Å². The normalized spacial score (nSPS) is 16.2. The quantitative estimate of drug-likeness (QED) is 0.565. The largest absolute Gasteiger partial charge is 0.469 e. The second kappa shape index (κ2) is 5.97. The van der Waals surface area contributed by atoms with Crippen LogP contribution in [0, 0.1) is 5.41 Å². The molecule has 1 aliphatic carbocycles. The van der Waals surface area contributed by atoms with Crippen LogP contribution in [0.5, 0.6) is 0 Å². The highest BCUT2D eigenvalue weighted by molar-refractivity contribution is 7.92. The highest BCUT2D eigenvalue weighted by Gasteiger charge is 2.48. The van der Waals surface area contributed by atoms with Crippen molar-refractivity contribution in [2.24, 2.45) is 5.41 Å². The van der Waals surface area contributed by atoms with Crippen molar-refractivity contribution in [3.05, 3.63) is 35.9 Å². The number of carbonyl (C=O) groups excluding carboxylic acids is 2. The Morgan fingerprint density at radius 1 is 1.19 bits per heavy atom. The minimum atomic E-state index is -3.54. The predicted molar refractivity (Wildman–Crippen MR) is 77.7 cm³/mol. The summed E-state index contributed by atoms with van der Waals surface area (Å²) in [6.07, 6.45) is 1.46. The highest BCUT2D eigenvalue weighted by Crippen LogP contribution is 2.50. The van der Waals surface area contributed by atoms with E-state index in [9.17, 15) is 18.0 Å². The molecule has 5 nitrogen and oxygen atoms in total. The first-order valence-electron chi connectivity index (χ1n) is 6.71. The lowest BCUT2D eigenvalue weighted by Crippen LogP contribution is -2.26. The average Bonchev–Trinajstić information content (AvgIpc) is 3.17. The molecule has 6 heteroatoms. The maximum absolute atomic E-state index is 12.2.